The van der Waals surface area contributed by atoms with E-state index >= 15 is 0 Å². The van der Waals surface area contributed by atoms with Gasteiger partial charge in [-0.1, -0.05) is 13.8 Å². The van der Waals surface area contributed by atoms with Crippen LogP contribution >= 0.6 is 0 Å². The van der Waals surface area contributed by atoms with E-state index < -0.39 is 0 Å². The van der Waals surface area contributed by atoms with E-state index in [2.05, 4.69) is 29.1 Å². The third-order valence-electron chi connectivity index (χ3n) is 3.65. The van der Waals surface area contributed by atoms with Gasteiger partial charge in [-0.25, -0.2) is 9.97 Å². The van der Waals surface area contributed by atoms with Crippen LogP contribution in [0.25, 0.3) is 0 Å². The Morgan fingerprint density at radius 3 is 3.05 bits per heavy atom. The van der Waals surface area contributed by atoms with Crippen LogP contribution in [0.4, 0.5) is 0 Å². The Bertz CT molecular complexity index is 406. The van der Waals surface area contributed by atoms with Gasteiger partial charge in [-0.2, -0.15) is 0 Å². The first-order valence-electron chi connectivity index (χ1n) is 7.25. The van der Waals surface area contributed by atoms with Crippen LogP contribution in [0.5, 0.6) is 0 Å². The Labute approximate surface area is 116 Å². The van der Waals surface area contributed by atoms with Gasteiger partial charge in [0.2, 0.25) is 0 Å². The van der Waals surface area contributed by atoms with Gasteiger partial charge in [0.05, 0.1) is 6.61 Å². The van der Waals surface area contributed by atoms with Crippen molar-refractivity contribution in [3.63, 3.8) is 0 Å². The first-order valence-corrected chi connectivity index (χ1v) is 7.25. The second kappa shape index (κ2) is 6.96. The highest BCUT2D eigenvalue weighted by Crippen LogP contribution is 2.23. The highest BCUT2D eigenvalue weighted by Gasteiger charge is 2.20. The van der Waals surface area contributed by atoms with Crippen LogP contribution in [-0.4, -0.2) is 36.3 Å². The van der Waals surface area contributed by atoms with Gasteiger partial charge in [0, 0.05) is 31.5 Å². The van der Waals surface area contributed by atoms with Crippen LogP contribution in [0.3, 0.4) is 0 Å². The summed E-state index contributed by atoms with van der Waals surface area (Å²) >= 11 is 0. The van der Waals surface area contributed by atoms with Gasteiger partial charge >= 0.3 is 0 Å². The summed E-state index contributed by atoms with van der Waals surface area (Å²) in [5.41, 5.74) is 2.59. The first-order chi connectivity index (χ1) is 9.19. The van der Waals surface area contributed by atoms with E-state index in [0.29, 0.717) is 12.6 Å². The van der Waals surface area contributed by atoms with Crippen LogP contribution in [0, 0.1) is 5.92 Å². The highest BCUT2D eigenvalue weighted by atomic mass is 16.5. The van der Waals surface area contributed by atoms with Crippen molar-refractivity contribution in [1.82, 2.24) is 15.3 Å². The number of fused-ring (bicyclic) bond motifs is 1. The predicted molar refractivity (Wildman–Crippen MR) is 76.3 cm³/mol. The molecule has 1 unspecified atom stereocenters. The van der Waals surface area contributed by atoms with Crippen molar-refractivity contribution in [2.75, 3.05) is 20.3 Å². The quantitative estimate of drug-likeness (QED) is 0.849. The molecule has 4 nitrogen and oxygen atoms in total. The summed E-state index contributed by atoms with van der Waals surface area (Å²) < 4.78 is 5.07. The molecule has 4 heteroatoms. The fourth-order valence-electron chi connectivity index (χ4n) is 2.51. The maximum absolute atomic E-state index is 5.07. The molecule has 0 spiro atoms. The van der Waals surface area contributed by atoms with E-state index in [9.17, 15) is 0 Å². The predicted octanol–water partition coefficient (Wildman–Crippen LogP) is 1.77. The Morgan fingerprint density at radius 2 is 2.32 bits per heavy atom. The molecule has 1 atom stereocenters. The van der Waals surface area contributed by atoms with Gasteiger partial charge in [0.25, 0.3) is 0 Å². The normalized spacial score (nSPS) is 18.6. The molecule has 0 aliphatic heterocycles. The van der Waals surface area contributed by atoms with Gasteiger partial charge in [-0.15, -0.1) is 0 Å². The van der Waals surface area contributed by atoms with Gasteiger partial charge in [-0.05, 0) is 37.3 Å². The SMILES string of the molecule is COCCc1ncc2c(n1)CCC(CNC(C)C)C2. The largest absolute Gasteiger partial charge is 0.384 e. The summed E-state index contributed by atoms with van der Waals surface area (Å²) in [6, 6.07) is 0.564. The molecule has 1 aliphatic carbocycles. The van der Waals surface area contributed by atoms with Crippen LogP contribution in [0.2, 0.25) is 0 Å². The molecule has 0 radical (unpaired) electrons. The van der Waals surface area contributed by atoms with E-state index in [1.165, 1.54) is 17.7 Å². The molecule has 0 amide bonds. The van der Waals surface area contributed by atoms with Gasteiger partial charge in [0.1, 0.15) is 5.82 Å². The first kappa shape index (κ1) is 14.4. The zero-order valence-electron chi connectivity index (χ0n) is 12.3. The number of hydrogen-bond donors (Lipinski definition) is 1. The molecular weight excluding hydrogens is 238 g/mol. The molecule has 1 aromatic heterocycles. The average Bonchev–Trinajstić information content (AvgIpc) is 2.42. The minimum absolute atomic E-state index is 0.564. The highest BCUT2D eigenvalue weighted by molar-refractivity contribution is 5.21. The molecule has 0 saturated heterocycles. The molecule has 0 fully saturated rings. The van der Waals surface area contributed by atoms with Crippen molar-refractivity contribution in [1.29, 1.82) is 0 Å². The lowest BCUT2D eigenvalue weighted by Gasteiger charge is -2.25. The molecule has 19 heavy (non-hydrogen) atoms. The monoisotopic (exact) mass is 263 g/mol. The van der Waals surface area contributed by atoms with E-state index in [4.69, 9.17) is 4.74 Å². The van der Waals surface area contributed by atoms with Gasteiger partial charge in [-0.3, -0.25) is 0 Å². The standard InChI is InChI=1S/C15H25N3O/c1-11(2)16-9-12-4-5-14-13(8-12)10-17-15(18-14)6-7-19-3/h10-12,16H,4-9H2,1-3H3. The second-order valence-corrected chi connectivity index (χ2v) is 5.67. The topological polar surface area (TPSA) is 47.0 Å². The third-order valence-corrected chi connectivity index (χ3v) is 3.65. The maximum Gasteiger partial charge on any atom is 0.130 e. The Kier molecular flexibility index (Phi) is 5.28. The van der Waals surface area contributed by atoms with Gasteiger partial charge < -0.3 is 10.1 Å². The van der Waals surface area contributed by atoms with Crippen LogP contribution in [-0.2, 0) is 24.0 Å². The second-order valence-electron chi connectivity index (χ2n) is 5.67. The molecule has 0 bridgehead atoms. The summed E-state index contributed by atoms with van der Waals surface area (Å²) in [6.45, 7) is 6.19. The number of ether oxygens (including phenoxy) is 1. The van der Waals surface area contributed by atoms with E-state index in [-0.39, 0.29) is 0 Å². The van der Waals surface area contributed by atoms with Crippen molar-refractivity contribution in [3.05, 3.63) is 23.3 Å². The molecule has 106 valence electrons. The van der Waals surface area contributed by atoms with Crippen molar-refractivity contribution in [2.24, 2.45) is 5.92 Å². The lowest BCUT2D eigenvalue weighted by atomic mass is 9.87. The lowest BCUT2D eigenvalue weighted by Crippen LogP contribution is -2.32. The molecular formula is C15H25N3O. The molecule has 1 heterocycles. The van der Waals surface area contributed by atoms with Crippen molar-refractivity contribution >= 4 is 0 Å². The molecule has 2 rings (SSSR count). The minimum Gasteiger partial charge on any atom is -0.384 e. The number of aromatic nitrogens is 2. The molecule has 1 N–H and O–H groups in total. The molecule has 0 saturated carbocycles. The Balaban J connectivity index is 1.94. The minimum atomic E-state index is 0.564. The molecule has 1 aromatic rings. The molecule has 0 aromatic carbocycles. The Morgan fingerprint density at radius 1 is 1.47 bits per heavy atom. The fourth-order valence-corrected chi connectivity index (χ4v) is 2.51. The number of hydrogen-bond acceptors (Lipinski definition) is 4. The zero-order valence-corrected chi connectivity index (χ0v) is 12.3. The number of nitrogens with one attached hydrogen (secondary N) is 1. The summed E-state index contributed by atoms with van der Waals surface area (Å²) in [7, 11) is 1.71. The van der Waals surface area contributed by atoms with Crippen molar-refractivity contribution in [3.8, 4) is 0 Å². The summed E-state index contributed by atoms with van der Waals surface area (Å²) in [5.74, 6) is 1.64. The number of methoxy groups -OCH3 is 1. The van der Waals surface area contributed by atoms with Crippen LogP contribution < -0.4 is 5.32 Å². The smallest absolute Gasteiger partial charge is 0.130 e. The van der Waals surface area contributed by atoms with Crippen LogP contribution in [0.1, 0.15) is 37.4 Å². The van der Waals surface area contributed by atoms with Gasteiger partial charge in [0.15, 0.2) is 0 Å². The number of nitrogens with zero attached hydrogens (tertiary/aromatic N) is 2. The summed E-state index contributed by atoms with van der Waals surface area (Å²) in [4.78, 5) is 9.12. The zero-order chi connectivity index (χ0) is 13.7. The van der Waals surface area contributed by atoms with Crippen molar-refractivity contribution in [2.45, 2.75) is 45.6 Å². The van der Waals surface area contributed by atoms with Crippen LogP contribution in [0.15, 0.2) is 6.20 Å². The van der Waals surface area contributed by atoms with E-state index in [1.807, 2.05) is 6.20 Å². The number of aryl methyl sites for hydroxylation is 1. The van der Waals surface area contributed by atoms with E-state index in [1.54, 1.807) is 7.11 Å². The Hall–Kier alpha value is -1.00. The average molecular weight is 263 g/mol. The van der Waals surface area contributed by atoms with Crippen molar-refractivity contribution < 1.29 is 4.74 Å². The van der Waals surface area contributed by atoms with E-state index in [0.717, 1.165) is 37.5 Å². The molecule has 1 aliphatic rings. The lowest BCUT2D eigenvalue weighted by molar-refractivity contribution is 0.200. The summed E-state index contributed by atoms with van der Waals surface area (Å²) in [5, 5.41) is 3.53. The maximum atomic E-state index is 5.07. The fraction of sp³-hybridized carbons (Fsp3) is 0.733. The number of rotatable bonds is 6. The summed E-state index contributed by atoms with van der Waals surface area (Å²) in [6.07, 6.45) is 6.26. The third kappa shape index (κ3) is 4.25.